The molecule has 0 unspecified atom stereocenters. The zero-order valence-electron chi connectivity index (χ0n) is 14.4. The number of hydrogen-bond donors (Lipinski definition) is 1. The number of aromatic nitrogens is 2. The van der Waals surface area contributed by atoms with E-state index in [0.717, 1.165) is 45.5 Å². The van der Waals surface area contributed by atoms with Gasteiger partial charge in [0.1, 0.15) is 10.6 Å². The Balaban J connectivity index is 1.97. The van der Waals surface area contributed by atoms with Gasteiger partial charge in [-0.25, -0.2) is 9.97 Å². The minimum atomic E-state index is 0.355. The Kier molecular flexibility index (Phi) is 4.45. The van der Waals surface area contributed by atoms with Crippen molar-refractivity contribution in [2.75, 3.05) is 11.5 Å². The normalized spacial score (nSPS) is 18.2. The fraction of sp³-hybridized carbons (Fsp3) is 0.556. The van der Waals surface area contributed by atoms with E-state index < -0.39 is 0 Å². The molecule has 23 heavy (non-hydrogen) atoms. The van der Waals surface area contributed by atoms with Gasteiger partial charge in [0.25, 0.3) is 0 Å². The molecule has 2 aromatic heterocycles. The van der Waals surface area contributed by atoms with Gasteiger partial charge in [0.05, 0.1) is 5.39 Å². The molecule has 0 aromatic carbocycles. The first-order chi connectivity index (χ1) is 10.8. The van der Waals surface area contributed by atoms with Crippen LogP contribution in [0.5, 0.6) is 0 Å². The van der Waals surface area contributed by atoms with Gasteiger partial charge in [-0.05, 0) is 43.1 Å². The molecule has 5 heteroatoms. The molecule has 2 heterocycles. The Labute approximate surface area is 146 Å². The summed E-state index contributed by atoms with van der Waals surface area (Å²) < 4.78 is 0. The number of thiophene rings is 1. The van der Waals surface area contributed by atoms with Gasteiger partial charge in [-0.1, -0.05) is 44.7 Å². The van der Waals surface area contributed by atoms with Crippen molar-refractivity contribution in [2.45, 2.75) is 52.1 Å². The van der Waals surface area contributed by atoms with Gasteiger partial charge in [0, 0.05) is 10.6 Å². The van der Waals surface area contributed by atoms with Crippen LogP contribution in [-0.2, 0) is 12.8 Å². The molecule has 3 rings (SSSR count). The number of rotatable bonds is 3. The molecule has 0 saturated carbocycles. The maximum atomic E-state index is 6.27. The third-order valence-corrected chi connectivity index (χ3v) is 6.81. The van der Waals surface area contributed by atoms with Gasteiger partial charge in [-0.15, -0.1) is 11.3 Å². The summed E-state index contributed by atoms with van der Waals surface area (Å²) in [7, 11) is 0. The van der Waals surface area contributed by atoms with Crippen molar-refractivity contribution >= 4 is 39.1 Å². The molecule has 3 nitrogen and oxygen atoms in total. The van der Waals surface area contributed by atoms with Crippen LogP contribution in [0.3, 0.4) is 0 Å². The topological polar surface area (TPSA) is 51.8 Å². The van der Waals surface area contributed by atoms with Crippen molar-refractivity contribution in [3.8, 4) is 0 Å². The summed E-state index contributed by atoms with van der Waals surface area (Å²) in [6, 6.07) is 0. The summed E-state index contributed by atoms with van der Waals surface area (Å²) in [5.41, 5.74) is 9.15. The SMILES string of the molecule is C=C(C)CSc1nc(N)c2c3c(sc2n1)C[C@H](C(C)(C)C)CC3. The number of nitrogen functional groups attached to an aromatic ring is 1. The Morgan fingerprint density at radius 3 is 2.78 bits per heavy atom. The van der Waals surface area contributed by atoms with Crippen molar-refractivity contribution in [1.82, 2.24) is 9.97 Å². The molecule has 2 aromatic rings. The Morgan fingerprint density at radius 2 is 2.13 bits per heavy atom. The lowest BCUT2D eigenvalue weighted by Gasteiger charge is -2.33. The number of anilines is 1. The van der Waals surface area contributed by atoms with E-state index in [0.29, 0.717) is 11.2 Å². The maximum absolute atomic E-state index is 6.27. The second-order valence-corrected chi connectivity index (χ2v) is 9.65. The van der Waals surface area contributed by atoms with Crippen LogP contribution in [0.4, 0.5) is 5.82 Å². The number of hydrogen-bond acceptors (Lipinski definition) is 5. The van der Waals surface area contributed by atoms with Gasteiger partial charge in [0.15, 0.2) is 5.16 Å². The number of fused-ring (bicyclic) bond motifs is 3. The van der Waals surface area contributed by atoms with Gasteiger partial charge >= 0.3 is 0 Å². The van der Waals surface area contributed by atoms with E-state index in [-0.39, 0.29) is 0 Å². The quantitative estimate of drug-likeness (QED) is 0.477. The summed E-state index contributed by atoms with van der Waals surface area (Å²) in [5, 5.41) is 1.88. The van der Waals surface area contributed by atoms with Crippen LogP contribution in [0.1, 0.15) is 44.6 Å². The molecule has 0 spiro atoms. The van der Waals surface area contributed by atoms with Gasteiger partial charge < -0.3 is 5.73 Å². The van der Waals surface area contributed by atoms with Crippen LogP contribution in [0.25, 0.3) is 10.2 Å². The Hall–Kier alpha value is -1.07. The molecule has 0 aliphatic heterocycles. The second kappa shape index (κ2) is 6.10. The van der Waals surface area contributed by atoms with Crippen LogP contribution in [0.15, 0.2) is 17.3 Å². The van der Waals surface area contributed by atoms with Gasteiger partial charge in [-0.2, -0.15) is 0 Å². The average Bonchev–Trinajstić information content (AvgIpc) is 2.81. The second-order valence-electron chi connectivity index (χ2n) is 7.63. The van der Waals surface area contributed by atoms with Crippen molar-refractivity contribution < 1.29 is 0 Å². The smallest absolute Gasteiger partial charge is 0.191 e. The third-order valence-electron chi connectivity index (χ3n) is 4.59. The fourth-order valence-corrected chi connectivity index (χ4v) is 5.24. The van der Waals surface area contributed by atoms with E-state index in [4.69, 9.17) is 10.7 Å². The highest BCUT2D eigenvalue weighted by Crippen LogP contribution is 2.44. The van der Waals surface area contributed by atoms with Crippen molar-refractivity contribution in [3.63, 3.8) is 0 Å². The lowest BCUT2D eigenvalue weighted by molar-refractivity contribution is 0.218. The molecule has 0 saturated heterocycles. The predicted octanol–water partition coefficient (Wildman–Crippen LogP) is 5.09. The predicted molar refractivity (Wildman–Crippen MR) is 102 cm³/mol. The summed E-state index contributed by atoms with van der Waals surface area (Å²) in [6.07, 6.45) is 3.48. The highest BCUT2D eigenvalue weighted by atomic mass is 32.2. The number of nitrogens with two attached hydrogens (primary N) is 1. The first-order valence-electron chi connectivity index (χ1n) is 8.10. The van der Waals surface area contributed by atoms with Crippen molar-refractivity contribution in [1.29, 1.82) is 0 Å². The average molecular weight is 348 g/mol. The molecule has 0 fully saturated rings. The standard InChI is InChI=1S/C18H25N3S2/c1-10(2)9-22-17-20-15(19)14-12-7-6-11(18(3,4)5)8-13(12)23-16(14)21-17/h11H,1,6-9H2,2-5H3,(H2,19,20,21)/t11-/m1/s1. The van der Waals surface area contributed by atoms with E-state index >= 15 is 0 Å². The minimum absolute atomic E-state index is 0.355. The largest absolute Gasteiger partial charge is 0.383 e. The summed E-state index contributed by atoms with van der Waals surface area (Å²) >= 11 is 3.43. The number of thioether (sulfide) groups is 1. The van der Waals surface area contributed by atoms with Crippen LogP contribution >= 0.6 is 23.1 Å². The highest BCUT2D eigenvalue weighted by molar-refractivity contribution is 7.99. The van der Waals surface area contributed by atoms with E-state index in [1.807, 2.05) is 18.3 Å². The zero-order chi connectivity index (χ0) is 16.8. The number of nitrogens with zero attached hydrogens (tertiary/aromatic N) is 2. The summed E-state index contributed by atoms with van der Waals surface area (Å²) in [6.45, 7) is 13.0. The Bertz CT molecular complexity index is 756. The molecule has 1 aliphatic carbocycles. The molecule has 0 radical (unpaired) electrons. The molecule has 1 aliphatic rings. The lowest BCUT2D eigenvalue weighted by Crippen LogP contribution is -2.26. The molecule has 0 bridgehead atoms. The molecule has 2 N–H and O–H groups in total. The van der Waals surface area contributed by atoms with Gasteiger partial charge in [-0.3, -0.25) is 0 Å². The van der Waals surface area contributed by atoms with Crippen molar-refractivity contribution in [2.24, 2.45) is 11.3 Å². The minimum Gasteiger partial charge on any atom is -0.383 e. The first kappa shape index (κ1) is 16.8. The number of aryl methyl sites for hydroxylation is 1. The molecular formula is C18H25N3S2. The van der Waals surface area contributed by atoms with Crippen LogP contribution < -0.4 is 5.73 Å². The summed E-state index contributed by atoms with van der Waals surface area (Å²) in [5.74, 6) is 2.21. The monoisotopic (exact) mass is 347 g/mol. The van der Waals surface area contributed by atoms with E-state index in [1.165, 1.54) is 16.9 Å². The molecule has 124 valence electrons. The third kappa shape index (κ3) is 3.41. The van der Waals surface area contributed by atoms with Crippen LogP contribution in [0.2, 0.25) is 0 Å². The summed E-state index contributed by atoms with van der Waals surface area (Å²) in [4.78, 5) is 11.8. The van der Waals surface area contributed by atoms with E-state index in [9.17, 15) is 0 Å². The molecule has 0 amide bonds. The first-order valence-corrected chi connectivity index (χ1v) is 9.91. The Morgan fingerprint density at radius 1 is 1.39 bits per heavy atom. The van der Waals surface area contributed by atoms with Crippen LogP contribution in [-0.4, -0.2) is 15.7 Å². The molecule has 1 atom stereocenters. The van der Waals surface area contributed by atoms with Gasteiger partial charge in [0.2, 0.25) is 0 Å². The highest BCUT2D eigenvalue weighted by Gasteiger charge is 2.31. The van der Waals surface area contributed by atoms with Crippen molar-refractivity contribution in [3.05, 3.63) is 22.6 Å². The van der Waals surface area contributed by atoms with E-state index in [1.54, 1.807) is 11.8 Å². The lowest BCUT2D eigenvalue weighted by atomic mass is 9.72. The van der Waals surface area contributed by atoms with E-state index in [2.05, 4.69) is 32.3 Å². The fourth-order valence-electron chi connectivity index (χ4n) is 3.18. The maximum Gasteiger partial charge on any atom is 0.191 e. The zero-order valence-corrected chi connectivity index (χ0v) is 16.0. The van der Waals surface area contributed by atoms with Crippen LogP contribution in [0, 0.1) is 11.3 Å². The molecular weight excluding hydrogens is 322 g/mol.